The van der Waals surface area contributed by atoms with E-state index in [1.165, 1.54) is 23.1 Å². The van der Waals surface area contributed by atoms with Crippen LogP contribution in [0.3, 0.4) is 0 Å². The van der Waals surface area contributed by atoms with E-state index in [2.05, 4.69) is 41.2 Å². The Morgan fingerprint density at radius 2 is 1.89 bits per heavy atom. The van der Waals surface area contributed by atoms with E-state index in [4.69, 9.17) is 4.74 Å². The summed E-state index contributed by atoms with van der Waals surface area (Å²) in [5.74, 6) is -1.01. The first-order valence-corrected chi connectivity index (χ1v) is 11.6. The van der Waals surface area contributed by atoms with Gasteiger partial charge in [-0.05, 0) is 48.4 Å². The van der Waals surface area contributed by atoms with Crippen LogP contribution in [0.2, 0.25) is 0 Å². The number of anilines is 1. The van der Waals surface area contributed by atoms with E-state index in [0.29, 0.717) is 32.7 Å². The summed E-state index contributed by atoms with van der Waals surface area (Å²) in [4.78, 5) is 13.8. The minimum atomic E-state index is -4.70. The van der Waals surface area contributed by atoms with Crippen molar-refractivity contribution >= 4 is 22.4 Å². The van der Waals surface area contributed by atoms with Crippen molar-refractivity contribution < 1.29 is 27.4 Å². The second kappa shape index (κ2) is 10.7. The van der Waals surface area contributed by atoms with E-state index < -0.39 is 23.3 Å². The number of rotatable bonds is 7. The predicted molar refractivity (Wildman–Crippen MR) is 130 cm³/mol. The Balaban J connectivity index is 1.53. The molecule has 3 aromatic rings. The Morgan fingerprint density at radius 1 is 1.14 bits per heavy atom. The van der Waals surface area contributed by atoms with Gasteiger partial charge in [-0.1, -0.05) is 48.5 Å². The number of nitrogens with one attached hydrogen (secondary N) is 1. The number of nitrogens with zero attached hydrogens (tertiary/aromatic N) is 1. The molecular formula is C27H29F3N2O3. The Hall–Kier alpha value is -3.10. The van der Waals surface area contributed by atoms with Crippen molar-refractivity contribution in [3.8, 4) is 0 Å². The van der Waals surface area contributed by atoms with Crippen LogP contribution in [0.5, 0.6) is 0 Å². The number of morpholine rings is 1. The zero-order valence-electron chi connectivity index (χ0n) is 19.8. The molecule has 186 valence electrons. The third kappa shape index (κ3) is 5.44. The molecule has 0 radical (unpaired) electrons. The second-order valence-corrected chi connectivity index (χ2v) is 8.64. The first-order chi connectivity index (χ1) is 16.8. The monoisotopic (exact) mass is 486 g/mol. The first-order valence-electron chi connectivity index (χ1n) is 11.6. The molecule has 0 amide bonds. The Bertz CT molecular complexity index is 1180. The summed E-state index contributed by atoms with van der Waals surface area (Å²) in [6.45, 7) is 3.60. The summed E-state index contributed by atoms with van der Waals surface area (Å²) in [5.41, 5.74) is -0.290. The molecule has 5 nitrogen and oxygen atoms in total. The number of carbonyl (C=O) groups excluding carboxylic acids is 1. The van der Waals surface area contributed by atoms with E-state index in [9.17, 15) is 18.0 Å². The molecule has 3 aromatic carbocycles. The van der Waals surface area contributed by atoms with Crippen LogP contribution in [0.1, 0.15) is 40.9 Å². The lowest BCUT2D eigenvalue weighted by molar-refractivity contribution is -0.137. The molecule has 1 N–H and O–H groups in total. The van der Waals surface area contributed by atoms with Gasteiger partial charge in [-0.25, -0.2) is 4.79 Å². The van der Waals surface area contributed by atoms with Gasteiger partial charge in [-0.3, -0.25) is 0 Å². The van der Waals surface area contributed by atoms with Crippen molar-refractivity contribution in [2.45, 2.75) is 31.6 Å². The summed E-state index contributed by atoms with van der Waals surface area (Å²) in [7, 11) is 1.08. The highest BCUT2D eigenvalue weighted by molar-refractivity contribution is 5.93. The number of ether oxygens (including phenoxy) is 2. The minimum absolute atomic E-state index is 0.0178. The van der Waals surface area contributed by atoms with Crippen molar-refractivity contribution in [3.05, 3.63) is 77.4 Å². The molecule has 0 aromatic heterocycles. The maximum atomic E-state index is 14.1. The van der Waals surface area contributed by atoms with Gasteiger partial charge in [0.2, 0.25) is 0 Å². The van der Waals surface area contributed by atoms with Gasteiger partial charge in [0.15, 0.2) is 0 Å². The van der Waals surface area contributed by atoms with E-state index in [1.54, 1.807) is 4.90 Å². The molecule has 4 rings (SSSR count). The zero-order chi connectivity index (χ0) is 25.0. The molecule has 0 saturated carbocycles. The third-order valence-corrected chi connectivity index (χ3v) is 6.49. The van der Waals surface area contributed by atoms with E-state index in [0.717, 1.165) is 18.6 Å². The summed E-state index contributed by atoms with van der Waals surface area (Å²) < 4.78 is 52.5. The maximum Gasteiger partial charge on any atom is 0.419 e. The molecule has 1 heterocycles. The largest absolute Gasteiger partial charge is 0.465 e. The van der Waals surface area contributed by atoms with Gasteiger partial charge in [0.05, 0.1) is 43.2 Å². The zero-order valence-corrected chi connectivity index (χ0v) is 19.8. The molecule has 1 aliphatic rings. The Kier molecular flexibility index (Phi) is 7.62. The number of carbonyl (C=O) groups is 1. The second-order valence-electron chi connectivity index (χ2n) is 8.64. The van der Waals surface area contributed by atoms with Crippen LogP contribution in [0, 0.1) is 0 Å². The fourth-order valence-corrected chi connectivity index (χ4v) is 4.77. The Morgan fingerprint density at radius 3 is 2.66 bits per heavy atom. The molecule has 35 heavy (non-hydrogen) atoms. The summed E-state index contributed by atoms with van der Waals surface area (Å²) >= 11 is 0. The maximum absolute atomic E-state index is 14.1. The molecule has 8 heteroatoms. The number of fused-ring (bicyclic) bond motifs is 1. The van der Waals surface area contributed by atoms with E-state index >= 15 is 0 Å². The van der Waals surface area contributed by atoms with Crippen molar-refractivity contribution in [1.29, 1.82) is 0 Å². The van der Waals surface area contributed by atoms with Crippen molar-refractivity contribution in [1.82, 2.24) is 5.32 Å². The van der Waals surface area contributed by atoms with Crippen LogP contribution < -0.4 is 10.2 Å². The van der Waals surface area contributed by atoms with Crippen LogP contribution in [0.4, 0.5) is 18.9 Å². The number of benzene rings is 3. The standard InChI is InChI=1S/C27H29F3N2O3/c1-18(21-10-5-8-19-7-3-4-9-22(19)21)31-14-13-20-17-35-16-15-32(20)24-12-6-11-23(26(33)34-2)25(24)27(28,29)30/h3-12,18,20,31H,13-17H2,1-2H3/t18-,20?/m1/s1. The normalized spacial score (nSPS) is 17.4. The molecule has 1 unspecified atom stereocenters. The Labute approximate surface area is 202 Å². The molecule has 0 bridgehead atoms. The van der Waals surface area contributed by atoms with Crippen molar-refractivity contribution in [2.24, 2.45) is 0 Å². The van der Waals surface area contributed by atoms with Gasteiger partial charge in [-0.2, -0.15) is 13.2 Å². The molecule has 2 atom stereocenters. The van der Waals surface area contributed by atoms with Crippen molar-refractivity contribution in [2.75, 3.05) is 38.3 Å². The van der Waals surface area contributed by atoms with Crippen LogP contribution >= 0.6 is 0 Å². The molecule has 1 saturated heterocycles. The van der Waals surface area contributed by atoms with Gasteiger partial charge >= 0.3 is 12.1 Å². The lowest BCUT2D eigenvalue weighted by Gasteiger charge is -2.39. The van der Waals surface area contributed by atoms with Gasteiger partial charge in [-0.15, -0.1) is 0 Å². The smallest absolute Gasteiger partial charge is 0.419 e. The van der Waals surface area contributed by atoms with Gasteiger partial charge in [0.1, 0.15) is 0 Å². The highest BCUT2D eigenvalue weighted by atomic mass is 19.4. The number of esters is 1. The number of hydrogen-bond acceptors (Lipinski definition) is 5. The highest BCUT2D eigenvalue weighted by Gasteiger charge is 2.41. The third-order valence-electron chi connectivity index (χ3n) is 6.49. The number of hydrogen-bond donors (Lipinski definition) is 1. The molecule has 1 fully saturated rings. The number of alkyl halides is 3. The van der Waals surface area contributed by atoms with Crippen LogP contribution in [-0.4, -0.2) is 45.4 Å². The lowest BCUT2D eigenvalue weighted by Crippen LogP contribution is -2.47. The van der Waals surface area contributed by atoms with Crippen LogP contribution in [0.15, 0.2) is 60.7 Å². The fourth-order valence-electron chi connectivity index (χ4n) is 4.77. The summed E-state index contributed by atoms with van der Waals surface area (Å²) in [6, 6.07) is 18.2. The average molecular weight is 487 g/mol. The molecular weight excluding hydrogens is 457 g/mol. The average Bonchev–Trinajstić information content (AvgIpc) is 2.87. The highest BCUT2D eigenvalue weighted by Crippen LogP contribution is 2.40. The first kappa shape index (κ1) is 25.0. The van der Waals surface area contributed by atoms with E-state index in [-0.39, 0.29) is 17.8 Å². The van der Waals surface area contributed by atoms with Gasteiger partial charge in [0, 0.05) is 12.6 Å². The van der Waals surface area contributed by atoms with Gasteiger partial charge < -0.3 is 19.7 Å². The van der Waals surface area contributed by atoms with Crippen molar-refractivity contribution in [3.63, 3.8) is 0 Å². The van der Waals surface area contributed by atoms with Crippen LogP contribution in [-0.2, 0) is 15.7 Å². The SMILES string of the molecule is COC(=O)c1cccc(N2CCOCC2CCN[C@H](C)c2cccc3ccccc23)c1C(F)(F)F. The van der Waals surface area contributed by atoms with E-state index in [1.807, 2.05) is 18.2 Å². The van der Waals surface area contributed by atoms with Crippen LogP contribution in [0.25, 0.3) is 10.8 Å². The topological polar surface area (TPSA) is 50.8 Å². The molecule has 0 spiro atoms. The van der Waals surface area contributed by atoms with Gasteiger partial charge in [0.25, 0.3) is 0 Å². The number of halogens is 3. The minimum Gasteiger partial charge on any atom is -0.465 e. The number of methoxy groups -OCH3 is 1. The molecule has 1 aliphatic heterocycles. The quantitative estimate of drug-likeness (QED) is 0.441. The summed E-state index contributed by atoms with van der Waals surface area (Å²) in [6.07, 6.45) is -4.13. The molecule has 0 aliphatic carbocycles. The fraction of sp³-hybridized carbons (Fsp3) is 0.370. The summed E-state index contributed by atoms with van der Waals surface area (Å²) in [5, 5.41) is 5.85. The lowest BCUT2D eigenvalue weighted by atomic mass is 9.99. The predicted octanol–water partition coefficient (Wildman–Crippen LogP) is 5.59.